The summed E-state index contributed by atoms with van der Waals surface area (Å²) < 4.78 is 37.2. The van der Waals surface area contributed by atoms with Gasteiger partial charge < -0.3 is 9.47 Å². The van der Waals surface area contributed by atoms with Crippen LogP contribution >= 0.6 is 0 Å². The molecule has 0 aromatic rings. The van der Waals surface area contributed by atoms with Crippen LogP contribution in [0.15, 0.2) is 0 Å². The minimum atomic E-state index is -3.24. The van der Waals surface area contributed by atoms with Gasteiger partial charge in [-0.15, -0.1) is 0 Å². The summed E-state index contributed by atoms with van der Waals surface area (Å²) in [6.45, 7) is 8.27. The van der Waals surface area contributed by atoms with Crippen LogP contribution < -0.4 is 4.72 Å². The van der Waals surface area contributed by atoms with Crippen molar-refractivity contribution in [3.63, 3.8) is 0 Å². The van der Waals surface area contributed by atoms with E-state index in [1.165, 1.54) is 0 Å². The highest BCUT2D eigenvalue weighted by atomic mass is 32.2. The normalized spacial score (nSPS) is 24.9. The first kappa shape index (κ1) is 15.9. The van der Waals surface area contributed by atoms with Crippen LogP contribution in [-0.4, -0.2) is 46.1 Å². The second kappa shape index (κ2) is 7.43. The fourth-order valence-corrected chi connectivity index (χ4v) is 3.57. The molecule has 0 saturated carbocycles. The fourth-order valence-electron chi connectivity index (χ4n) is 1.93. The average molecular weight is 279 g/mol. The van der Waals surface area contributed by atoms with Gasteiger partial charge in [-0.3, -0.25) is 0 Å². The lowest BCUT2D eigenvalue weighted by Gasteiger charge is -2.15. The Balaban J connectivity index is 2.18. The first-order chi connectivity index (χ1) is 8.43. The summed E-state index contributed by atoms with van der Waals surface area (Å²) in [5, 5.41) is -0.408. The van der Waals surface area contributed by atoms with Gasteiger partial charge in [0.1, 0.15) is 5.25 Å². The van der Waals surface area contributed by atoms with Crippen LogP contribution in [0.25, 0.3) is 0 Å². The molecule has 1 N–H and O–H groups in total. The zero-order valence-corrected chi connectivity index (χ0v) is 12.3. The van der Waals surface area contributed by atoms with Crippen LogP contribution in [0.1, 0.15) is 33.6 Å². The van der Waals surface area contributed by atoms with Crippen LogP contribution in [0.5, 0.6) is 0 Å². The van der Waals surface area contributed by atoms with E-state index in [2.05, 4.69) is 18.6 Å². The van der Waals surface area contributed by atoms with E-state index in [-0.39, 0.29) is 6.10 Å². The van der Waals surface area contributed by atoms with E-state index in [1.807, 2.05) is 6.92 Å². The van der Waals surface area contributed by atoms with Gasteiger partial charge in [0.25, 0.3) is 0 Å². The summed E-state index contributed by atoms with van der Waals surface area (Å²) >= 11 is 0. The van der Waals surface area contributed by atoms with Crippen LogP contribution in [0.3, 0.4) is 0 Å². The molecular formula is C12H25NO4S. The largest absolute Gasteiger partial charge is 0.381 e. The highest BCUT2D eigenvalue weighted by Gasteiger charge is 2.35. The van der Waals surface area contributed by atoms with Crippen molar-refractivity contribution in [2.45, 2.75) is 45.0 Å². The van der Waals surface area contributed by atoms with Gasteiger partial charge in [0.2, 0.25) is 10.0 Å². The number of rotatable bonds is 8. The van der Waals surface area contributed by atoms with Crippen molar-refractivity contribution in [1.29, 1.82) is 0 Å². The Labute approximate surface area is 110 Å². The van der Waals surface area contributed by atoms with Crippen LogP contribution in [-0.2, 0) is 19.5 Å². The molecule has 0 aliphatic carbocycles. The van der Waals surface area contributed by atoms with Crippen molar-refractivity contribution >= 4 is 10.0 Å². The van der Waals surface area contributed by atoms with Gasteiger partial charge in [0.05, 0.1) is 6.10 Å². The summed E-state index contributed by atoms with van der Waals surface area (Å²) in [6.07, 6.45) is 1.08. The number of nitrogens with one attached hydrogen (secondary N) is 1. The predicted molar refractivity (Wildman–Crippen MR) is 71.0 cm³/mol. The standard InChI is InChI=1S/C12H25NO4S/c1-10(2)9-16-7-4-6-13-18(14,15)12-5-8-17-11(12)3/h10-13H,4-9H2,1-3H3/t11-,12-/m1/s1. The molecule has 0 bridgehead atoms. The quantitative estimate of drug-likeness (QED) is 0.677. The Hall–Kier alpha value is -0.170. The van der Waals surface area contributed by atoms with Crippen molar-refractivity contribution in [3.05, 3.63) is 0 Å². The summed E-state index contributed by atoms with van der Waals surface area (Å²) in [4.78, 5) is 0. The van der Waals surface area contributed by atoms with E-state index in [1.54, 1.807) is 0 Å². The van der Waals surface area contributed by atoms with Crippen molar-refractivity contribution in [2.24, 2.45) is 5.92 Å². The van der Waals surface area contributed by atoms with E-state index in [4.69, 9.17) is 9.47 Å². The molecule has 108 valence electrons. The molecule has 2 atom stereocenters. The van der Waals surface area contributed by atoms with E-state index in [0.29, 0.717) is 38.5 Å². The minimum absolute atomic E-state index is 0.209. The van der Waals surface area contributed by atoms with Crippen molar-refractivity contribution in [2.75, 3.05) is 26.4 Å². The molecule has 0 unspecified atom stereocenters. The summed E-state index contributed by atoms with van der Waals surface area (Å²) in [7, 11) is -3.24. The molecule has 5 nitrogen and oxygen atoms in total. The van der Waals surface area contributed by atoms with Gasteiger partial charge in [-0.2, -0.15) is 0 Å². The fraction of sp³-hybridized carbons (Fsp3) is 1.00. The van der Waals surface area contributed by atoms with Crippen LogP contribution in [0.4, 0.5) is 0 Å². The van der Waals surface area contributed by atoms with E-state index >= 15 is 0 Å². The SMILES string of the molecule is CC(C)COCCCNS(=O)(=O)[C@@H]1CCO[C@@H]1C. The molecule has 6 heteroatoms. The maximum absolute atomic E-state index is 12.0. The highest BCUT2D eigenvalue weighted by Crippen LogP contribution is 2.19. The first-order valence-electron chi connectivity index (χ1n) is 6.61. The van der Waals surface area contributed by atoms with Crippen molar-refractivity contribution < 1.29 is 17.9 Å². The third-order valence-electron chi connectivity index (χ3n) is 2.93. The van der Waals surface area contributed by atoms with Gasteiger partial charge >= 0.3 is 0 Å². The molecule has 1 saturated heterocycles. The molecule has 0 spiro atoms. The summed E-state index contributed by atoms with van der Waals surface area (Å²) in [5.41, 5.74) is 0. The Bertz CT molecular complexity index is 329. The zero-order valence-electron chi connectivity index (χ0n) is 11.5. The summed E-state index contributed by atoms with van der Waals surface area (Å²) in [6, 6.07) is 0. The molecule has 1 rings (SSSR count). The van der Waals surface area contributed by atoms with Crippen molar-refractivity contribution in [3.8, 4) is 0 Å². The number of hydrogen-bond donors (Lipinski definition) is 1. The van der Waals surface area contributed by atoms with E-state index in [0.717, 1.165) is 6.61 Å². The lowest BCUT2D eigenvalue weighted by Crippen LogP contribution is -2.38. The molecule has 1 heterocycles. The van der Waals surface area contributed by atoms with Gasteiger partial charge in [0, 0.05) is 26.4 Å². The van der Waals surface area contributed by atoms with Gasteiger partial charge in [-0.25, -0.2) is 13.1 Å². The number of ether oxygens (including phenoxy) is 2. The second-order valence-electron chi connectivity index (χ2n) is 5.16. The third kappa shape index (κ3) is 5.22. The number of sulfonamides is 1. The predicted octanol–water partition coefficient (Wildman–Crippen LogP) is 1.15. The first-order valence-corrected chi connectivity index (χ1v) is 8.16. The smallest absolute Gasteiger partial charge is 0.217 e. The maximum atomic E-state index is 12.0. The van der Waals surface area contributed by atoms with Crippen molar-refractivity contribution in [1.82, 2.24) is 4.72 Å². The Morgan fingerprint density at radius 3 is 2.72 bits per heavy atom. The Morgan fingerprint density at radius 1 is 1.44 bits per heavy atom. The molecule has 18 heavy (non-hydrogen) atoms. The lowest BCUT2D eigenvalue weighted by atomic mass is 10.2. The van der Waals surface area contributed by atoms with Crippen LogP contribution in [0.2, 0.25) is 0 Å². The lowest BCUT2D eigenvalue weighted by molar-refractivity contribution is 0.108. The topological polar surface area (TPSA) is 64.6 Å². The second-order valence-corrected chi connectivity index (χ2v) is 7.15. The van der Waals surface area contributed by atoms with E-state index in [9.17, 15) is 8.42 Å². The van der Waals surface area contributed by atoms with Gasteiger partial charge in [-0.1, -0.05) is 13.8 Å². The third-order valence-corrected chi connectivity index (χ3v) is 4.95. The zero-order chi connectivity index (χ0) is 13.6. The molecule has 0 aromatic heterocycles. The monoisotopic (exact) mass is 279 g/mol. The van der Waals surface area contributed by atoms with Gasteiger partial charge in [-0.05, 0) is 25.7 Å². The maximum Gasteiger partial charge on any atom is 0.217 e. The van der Waals surface area contributed by atoms with Gasteiger partial charge in [0.15, 0.2) is 0 Å². The minimum Gasteiger partial charge on any atom is -0.381 e. The molecule has 0 radical (unpaired) electrons. The Morgan fingerprint density at radius 2 is 2.17 bits per heavy atom. The molecule has 0 aromatic carbocycles. The molecule has 0 amide bonds. The average Bonchev–Trinajstić information content (AvgIpc) is 2.70. The molecule has 1 aliphatic heterocycles. The van der Waals surface area contributed by atoms with Crippen LogP contribution in [0, 0.1) is 5.92 Å². The molecular weight excluding hydrogens is 254 g/mol. The molecule has 1 aliphatic rings. The summed E-state index contributed by atoms with van der Waals surface area (Å²) in [5.74, 6) is 0.512. The Kier molecular flexibility index (Phi) is 6.55. The van der Waals surface area contributed by atoms with E-state index < -0.39 is 15.3 Å². The highest BCUT2D eigenvalue weighted by molar-refractivity contribution is 7.90. The molecule has 1 fully saturated rings. The number of hydrogen-bond acceptors (Lipinski definition) is 4.